The first-order valence-electron chi connectivity index (χ1n) is 10.7. The molecule has 0 radical (unpaired) electrons. The van der Waals surface area contributed by atoms with Crippen molar-refractivity contribution in [2.45, 2.75) is 84.7 Å². The molecule has 0 bridgehead atoms. The van der Waals surface area contributed by atoms with E-state index >= 15 is 0 Å². The monoisotopic (exact) mass is 356 g/mol. The van der Waals surface area contributed by atoms with Gasteiger partial charge >= 0.3 is 0 Å². The molecule has 1 N–H and O–H groups in total. The van der Waals surface area contributed by atoms with Crippen molar-refractivity contribution in [2.24, 2.45) is 34.5 Å². The number of carbonyl (C=O) groups is 1. The third-order valence-electron chi connectivity index (χ3n) is 9.20. The highest BCUT2D eigenvalue weighted by atomic mass is 16.3. The summed E-state index contributed by atoms with van der Waals surface area (Å²) in [5, 5.41) is 10.8. The maximum atomic E-state index is 13.5. The zero-order valence-corrected chi connectivity index (χ0v) is 17.1. The highest BCUT2D eigenvalue weighted by Gasteiger charge is 2.62. The predicted molar refractivity (Wildman–Crippen MR) is 106 cm³/mol. The third-order valence-corrected chi connectivity index (χ3v) is 9.20. The van der Waals surface area contributed by atoms with E-state index < -0.39 is 5.60 Å². The topological polar surface area (TPSA) is 37.3 Å². The average molecular weight is 357 g/mol. The van der Waals surface area contributed by atoms with Gasteiger partial charge in [-0.25, -0.2) is 0 Å². The van der Waals surface area contributed by atoms with Crippen LogP contribution in [0.2, 0.25) is 0 Å². The second-order valence-corrected chi connectivity index (χ2v) is 10.5. The molecule has 2 nitrogen and oxygen atoms in total. The van der Waals surface area contributed by atoms with Gasteiger partial charge in [0.2, 0.25) is 0 Å². The summed E-state index contributed by atoms with van der Waals surface area (Å²) in [6.07, 6.45) is 10.0. The first-order chi connectivity index (χ1) is 12.1. The molecule has 0 saturated heterocycles. The predicted octanol–water partition coefficient (Wildman–Crippen LogP) is 5.46. The molecule has 3 fully saturated rings. The molecule has 7 atom stereocenters. The van der Waals surface area contributed by atoms with E-state index in [1.807, 2.05) is 0 Å². The van der Waals surface area contributed by atoms with Gasteiger partial charge in [0.1, 0.15) is 5.78 Å². The summed E-state index contributed by atoms with van der Waals surface area (Å²) in [6, 6.07) is 0. The van der Waals surface area contributed by atoms with E-state index in [0.29, 0.717) is 23.5 Å². The summed E-state index contributed by atoms with van der Waals surface area (Å²) in [5.74, 6) is 2.32. The molecule has 4 rings (SSSR count). The fourth-order valence-electron chi connectivity index (χ4n) is 7.65. The summed E-state index contributed by atoms with van der Waals surface area (Å²) < 4.78 is 0. The van der Waals surface area contributed by atoms with E-state index in [9.17, 15) is 9.90 Å². The van der Waals surface area contributed by atoms with Crippen molar-refractivity contribution >= 4 is 5.78 Å². The summed E-state index contributed by atoms with van der Waals surface area (Å²) in [7, 11) is 0. The Morgan fingerprint density at radius 2 is 2.00 bits per heavy atom. The second-order valence-electron chi connectivity index (χ2n) is 10.5. The summed E-state index contributed by atoms with van der Waals surface area (Å²) in [5.41, 5.74) is 2.18. The van der Waals surface area contributed by atoms with Gasteiger partial charge in [0, 0.05) is 12.3 Å². The van der Waals surface area contributed by atoms with Crippen molar-refractivity contribution in [3.05, 3.63) is 23.8 Å². The van der Waals surface area contributed by atoms with Crippen molar-refractivity contribution in [1.82, 2.24) is 0 Å². The largest absolute Gasteiger partial charge is 0.390 e. The number of fused-ring (bicyclic) bond motifs is 5. The third kappa shape index (κ3) is 2.37. The number of ketones is 1. The fourth-order valence-corrected chi connectivity index (χ4v) is 7.65. The van der Waals surface area contributed by atoms with Gasteiger partial charge in [0.15, 0.2) is 0 Å². The van der Waals surface area contributed by atoms with E-state index in [-0.39, 0.29) is 16.7 Å². The van der Waals surface area contributed by atoms with Crippen LogP contribution in [0.15, 0.2) is 23.8 Å². The summed E-state index contributed by atoms with van der Waals surface area (Å²) in [6.45, 7) is 13.2. The maximum Gasteiger partial charge on any atom is 0.137 e. The van der Waals surface area contributed by atoms with Gasteiger partial charge in [0.05, 0.1) is 5.60 Å². The van der Waals surface area contributed by atoms with Crippen molar-refractivity contribution in [2.75, 3.05) is 0 Å². The molecular weight excluding hydrogens is 320 g/mol. The molecule has 0 spiro atoms. The minimum absolute atomic E-state index is 0.0238. The quantitative estimate of drug-likeness (QED) is 0.667. The Bertz CT molecular complexity index is 676. The standard InChI is InChI=1S/C24H36O2/c1-6-24(26)12-11-22(4)16(13-24)7-8-17-19-10-9-18(15(2)3)23(19,5)14-20(25)21(17)22/h7,17-19,21,26H,2,6,8-14H2,1,3-5H3/t17-,18+,19-,21+,22-,23+,24-/m0/s1. The molecule has 0 aromatic heterocycles. The number of rotatable bonds is 2. The van der Waals surface area contributed by atoms with Crippen molar-refractivity contribution in [3.63, 3.8) is 0 Å². The molecule has 0 aromatic carbocycles. The van der Waals surface area contributed by atoms with Gasteiger partial charge in [-0.05, 0) is 80.5 Å². The Morgan fingerprint density at radius 3 is 2.65 bits per heavy atom. The molecule has 0 amide bonds. The van der Waals surface area contributed by atoms with Crippen LogP contribution in [0, 0.1) is 34.5 Å². The van der Waals surface area contributed by atoms with Crippen LogP contribution >= 0.6 is 0 Å². The van der Waals surface area contributed by atoms with E-state index in [2.05, 4.69) is 40.3 Å². The Morgan fingerprint density at radius 1 is 1.27 bits per heavy atom. The van der Waals surface area contributed by atoms with Crippen LogP contribution < -0.4 is 0 Å². The lowest BCUT2D eigenvalue weighted by molar-refractivity contribution is -0.145. The number of Topliss-reactive ketones (excluding diaryl/α,β-unsaturated/α-hetero) is 1. The van der Waals surface area contributed by atoms with Gasteiger partial charge in [-0.1, -0.05) is 44.6 Å². The van der Waals surface area contributed by atoms with Crippen LogP contribution in [0.1, 0.15) is 79.1 Å². The zero-order valence-electron chi connectivity index (χ0n) is 17.1. The summed E-state index contributed by atoms with van der Waals surface area (Å²) in [4.78, 5) is 13.5. The normalized spacial score (nSPS) is 50.5. The van der Waals surface area contributed by atoms with Crippen molar-refractivity contribution < 1.29 is 9.90 Å². The lowest BCUT2D eigenvalue weighted by atomic mass is 9.46. The highest BCUT2D eigenvalue weighted by Crippen LogP contribution is 2.66. The number of aliphatic hydroxyl groups is 1. The van der Waals surface area contributed by atoms with Gasteiger partial charge < -0.3 is 5.11 Å². The van der Waals surface area contributed by atoms with Crippen LogP contribution in [0.3, 0.4) is 0 Å². The first-order valence-corrected chi connectivity index (χ1v) is 10.7. The van der Waals surface area contributed by atoms with E-state index in [1.165, 1.54) is 24.0 Å². The van der Waals surface area contributed by atoms with Crippen LogP contribution in [-0.4, -0.2) is 16.5 Å². The van der Waals surface area contributed by atoms with Crippen molar-refractivity contribution in [1.29, 1.82) is 0 Å². The van der Waals surface area contributed by atoms with Gasteiger partial charge in [-0.15, -0.1) is 0 Å². The molecule has 4 aliphatic carbocycles. The summed E-state index contributed by atoms with van der Waals surface area (Å²) >= 11 is 0. The maximum absolute atomic E-state index is 13.5. The average Bonchev–Trinajstić information content (AvgIpc) is 2.92. The van der Waals surface area contributed by atoms with E-state index in [4.69, 9.17) is 0 Å². The van der Waals surface area contributed by atoms with Crippen LogP contribution in [0.25, 0.3) is 0 Å². The molecular formula is C24H36O2. The fraction of sp³-hybridized carbons (Fsp3) is 0.792. The Labute approximate surface area is 159 Å². The Kier molecular flexibility index (Phi) is 4.12. The zero-order chi connectivity index (χ0) is 18.9. The SMILES string of the molecule is C=C(C)[C@H]1CC[C@H]2[C@@H]3CC=C4C[C@](O)(CC)CC[C@]4(C)[C@H]3C(=O)C[C@]12C. The van der Waals surface area contributed by atoms with Crippen molar-refractivity contribution in [3.8, 4) is 0 Å². The lowest BCUT2D eigenvalue weighted by Crippen LogP contribution is -2.55. The van der Waals surface area contributed by atoms with E-state index in [1.54, 1.807) is 0 Å². The molecule has 0 heterocycles. The molecule has 0 unspecified atom stereocenters. The highest BCUT2D eigenvalue weighted by molar-refractivity contribution is 5.85. The number of hydrogen-bond donors (Lipinski definition) is 1. The van der Waals surface area contributed by atoms with Crippen LogP contribution in [-0.2, 0) is 4.79 Å². The molecule has 0 aromatic rings. The number of carbonyl (C=O) groups excluding carboxylic acids is 1. The van der Waals surface area contributed by atoms with Crippen LogP contribution in [0.5, 0.6) is 0 Å². The first kappa shape index (κ1) is 18.5. The number of hydrogen-bond acceptors (Lipinski definition) is 2. The lowest BCUT2D eigenvalue weighted by Gasteiger charge is -2.58. The minimum atomic E-state index is -0.553. The molecule has 4 aliphatic rings. The van der Waals surface area contributed by atoms with Crippen LogP contribution in [0.4, 0.5) is 0 Å². The molecule has 144 valence electrons. The molecule has 0 aliphatic heterocycles. The smallest absolute Gasteiger partial charge is 0.137 e. The second kappa shape index (κ2) is 5.80. The Hall–Kier alpha value is -0.890. The minimum Gasteiger partial charge on any atom is -0.390 e. The van der Waals surface area contributed by atoms with Gasteiger partial charge in [-0.3, -0.25) is 4.79 Å². The molecule has 3 saturated carbocycles. The van der Waals surface area contributed by atoms with E-state index in [0.717, 1.165) is 38.5 Å². The molecule has 26 heavy (non-hydrogen) atoms. The Balaban J connectivity index is 1.71. The van der Waals surface area contributed by atoms with Gasteiger partial charge in [-0.2, -0.15) is 0 Å². The number of allylic oxidation sites excluding steroid dienone is 2. The van der Waals surface area contributed by atoms with Gasteiger partial charge in [0.25, 0.3) is 0 Å². The molecule has 2 heteroatoms.